The fraction of sp³-hybridized carbons (Fsp3) is 1.00. The number of aliphatic hydroxyl groups excluding tert-OH is 4. The van der Waals surface area contributed by atoms with Crippen molar-refractivity contribution in [1.82, 2.24) is 9.80 Å². The molecule has 0 saturated carbocycles. The normalized spacial score (nSPS) is 12.9. The first-order chi connectivity index (χ1) is 13.4. The van der Waals surface area contributed by atoms with Gasteiger partial charge >= 0.3 is 8.25 Å². The molecule has 0 aromatic heterocycles. The average Bonchev–Trinajstić information content (AvgIpc) is 2.70. The van der Waals surface area contributed by atoms with Crippen LogP contribution in [-0.2, 0) is 13.6 Å². The van der Waals surface area contributed by atoms with Gasteiger partial charge < -0.3 is 20.4 Å². The summed E-state index contributed by atoms with van der Waals surface area (Å²) in [6.07, 6.45) is 1.98. The lowest BCUT2D eigenvalue weighted by atomic mass is 10.1. The molecule has 0 heterocycles. The molecule has 0 aromatic rings. The second-order valence-electron chi connectivity index (χ2n) is 6.58. The van der Waals surface area contributed by atoms with Gasteiger partial charge in [0, 0.05) is 30.7 Å². The van der Waals surface area contributed by atoms with E-state index in [2.05, 4.69) is 0 Å². The maximum absolute atomic E-state index is 12.9. The number of aliphatic hydroxyl groups is 4. The maximum Gasteiger partial charge on any atom is 0.701 e. The van der Waals surface area contributed by atoms with Gasteiger partial charge in [0.15, 0.2) is 11.4 Å². The van der Waals surface area contributed by atoms with Crippen LogP contribution in [0.5, 0.6) is 0 Å². The molecule has 0 aromatic carbocycles. The molecular formula is C18H40N2O7P+. The van der Waals surface area contributed by atoms with Crippen LogP contribution in [-0.4, -0.2) is 94.3 Å². The first-order valence-electron chi connectivity index (χ1n) is 10.2. The zero-order valence-corrected chi connectivity index (χ0v) is 18.7. The van der Waals surface area contributed by atoms with Gasteiger partial charge in [-0.15, -0.1) is 0 Å². The Balaban J connectivity index is 5.58. The summed E-state index contributed by atoms with van der Waals surface area (Å²) in [6.45, 7) is 8.23. The molecular weight excluding hydrogens is 387 g/mol. The Bertz CT molecular complexity index is 373. The Labute approximate surface area is 170 Å². The van der Waals surface area contributed by atoms with Crippen molar-refractivity contribution in [2.45, 2.75) is 64.8 Å². The zero-order chi connectivity index (χ0) is 21.6. The summed E-state index contributed by atoms with van der Waals surface area (Å²) >= 11 is 0. The van der Waals surface area contributed by atoms with E-state index in [1.807, 2.05) is 27.7 Å². The van der Waals surface area contributed by atoms with Gasteiger partial charge in [-0.3, -0.25) is 9.80 Å². The smallest absolute Gasteiger partial charge is 0.395 e. The first kappa shape index (κ1) is 27.8. The van der Waals surface area contributed by atoms with Crippen molar-refractivity contribution in [1.29, 1.82) is 0 Å². The number of hydrogen-bond acceptors (Lipinski definition) is 9. The second kappa shape index (κ2) is 14.7. The highest BCUT2D eigenvalue weighted by molar-refractivity contribution is 7.33. The molecule has 0 rings (SSSR count). The molecule has 0 aliphatic rings. The first-order valence-corrected chi connectivity index (χ1v) is 11.3. The summed E-state index contributed by atoms with van der Waals surface area (Å²) in [4.78, 5) is 3.56. The van der Waals surface area contributed by atoms with Crippen LogP contribution >= 0.6 is 8.25 Å². The topological polar surface area (TPSA) is 123 Å². The predicted molar refractivity (Wildman–Crippen MR) is 108 cm³/mol. The molecule has 0 unspecified atom stereocenters. The van der Waals surface area contributed by atoms with Crippen LogP contribution in [0, 0.1) is 0 Å². The standard InChI is InChI=1S/C18H40N2O7P/c1-5-17(6-2,19(9-13-21)10-14-22)26-28(25)27-18(7-3,8-4)20(11-15-23)12-16-24/h21-24H,5-16H2,1-4H3/q+1. The highest BCUT2D eigenvalue weighted by Crippen LogP contribution is 2.43. The molecule has 0 spiro atoms. The van der Waals surface area contributed by atoms with Gasteiger partial charge in [0.1, 0.15) is 0 Å². The molecule has 0 bridgehead atoms. The Morgan fingerprint density at radius 1 is 0.643 bits per heavy atom. The highest BCUT2D eigenvalue weighted by atomic mass is 31.1. The lowest BCUT2D eigenvalue weighted by molar-refractivity contribution is -0.136. The van der Waals surface area contributed by atoms with Crippen molar-refractivity contribution in [3.05, 3.63) is 0 Å². The average molecular weight is 427 g/mol. The third-order valence-electron chi connectivity index (χ3n) is 5.33. The minimum absolute atomic E-state index is 0.114. The fourth-order valence-corrected chi connectivity index (χ4v) is 4.93. The Morgan fingerprint density at radius 3 is 1.07 bits per heavy atom. The zero-order valence-electron chi connectivity index (χ0n) is 17.8. The quantitative estimate of drug-likeness (QED) is 0.189. The summed E-state index contributed by atoms with van der Waals surface area (Å²) in [7, 11) is -2.55. The van der Waals surface area contributed by atoms with Crippen LogP contribution in [0.2, 0.25) is 0 Å². The van der Waals surface area contributed by atoms with Crippen molar-refractivity contribution in [3.8, 4) is 0 Å². The van der Waals surface area contributed by atoms with Crippen molar-refractivity contribution < 1.29 is 34.0 Å². The summed E-state index contributed by atoms with van der Waals surface area (Å²) in [6, 6.07) is 0. The molecule has 0 saturated heterocycles. The molecule has 4 N–H and O–H groups in total. The highest BCUT2D eigenvalue weighted by Gasteiger charge is 2.49. The lowest BCUT2D eigenvalue weighted by Gasteiger charge is -2.39. The summed E-state index contributed by atoms with van der Waals surface area (Å²) < 4.78 is 24.8. The van der Waals surface area contributed by atoms with Crippen molar-refractivity contribution in [3.63, 3.8) is 0 Å². The molecule has 9 nitrogen and oxygen atoms in total. The third kappa shape index (κ3) is 7.55. The third-order valence-corrected chi connectivity index (χ3v) is 6.31. The van der Waals surface area contributed by atoms with Crippen molar-refractivity contribution in [2.75, 3.05) is 52.6 Å². The van der Waals surface area contributed by atoms with E-state index in [1.165, 1.54) is 0 Å². The Kier molecular flexibility index (Phi) is 14.6. The molecule has 10 heteroatoms. The van der Waals surface area contributed by atoms with Gasteiger partial charge in [-0.05, 0) is 25.7 Å². The fourth-order valence-electron chi connectivity index (χ4n) is 3.59. The van der Waals surface area contributed by atoms with Crippen LogP contribution in [0.4, 0.5) is 0 Å². The van der Waals surface area contributed by atoms with Crippen LogP contribution in [0.25, 0.3) is 0 Å². The van der Waals surface area contributed by atoms with E-state index < -0.39 is 19.7 Å². The van der Waals surface area contributed by atoms with Gasteiger partial charge in [0.25, 0.3) is 0 Å². The SMILES string of the molecule is CCC(CC)(O[P+](=O)OC(CC)(CC)N(CCO)CCO)N(CCO)CCO. The van der Waals surface area contributed by atoms with Gasteiger partial charge in [-0.2, -0.15) is 0 Å². The summed E-state index contributed by atoms with van der Waals surface area (Å²) in [5, 5.41) is 37.5. The van der Waals surface area contributed by atoms with E-state index >= 15 is 0 Å². The molecule has 0 radical (unpaired) electrons. The Hall–Kier alpha value is -0.220. The minimum Gasteiger partial charge on any atom is -0.395 e. The molecule has 0 fully saturated rings. The minimum atomic E-state index is -2.55. The van der Waals surface area contributed by atoms with Gasteiger partial charge in [0.05, 0.1) is 26.4 Å². The summed E-state index contributed by atoms with van der Waals surface area (Å²) in [5.74, 6) is 0. The number of nitrogens with zero attached hydrogens (tertiary/aromatic N) is 2. The maximum atomic E-state index is 12.9. The van der Waals surface area contributed by atoms with Crippen LogP contribution < -0.4 is 0 Å². The monoisotopic (exact) mass is 427 g/mol. The van der Waals surface area contributed by atoms with Crippen molar-refractivity contribution >= 4 is 8.25 Å². The van der Waals surface area contributed by atoms with E-state index in [4.69, 9.17) is 9.05 Å². The van der Waals surface area contributed by atoms with E-state index in [0.29, 0.717) is 25.7 Å². The number of rotatable bonds is 18. The van der Waals surface area contributed by atoms with Crippen LogP contribution in [0.15, 0.2) is 0 Å². The molecule has 168 valence electrons. The van der Waals surface area contributed by atoms with Gasteiger partial charge in [-0.25, -0.2) is 0 Å². The number of hydrogen-bond donors (Lipinski definition) is 4. The summed E-state index contributed by atoms with van der Waals surface area (Å²) in [5.41, 5.74) is -1.88. The molecule has 0 amide bonds. The van der Waals surface area contributed by atoms with E-state index in [9.17, 15) is 25.0 Å². The van der Waals surface area contributed by atoms with Crippen molar-refractivity contribution in [2.24, 2.45) is 0 Å². The molecule has 0 aliphatic heterocycles. The largest absolute Gasteiger partial charge is 0.701 e. The molecule has 0 aliphatic carbocycles. The predicted octanol–water partition coefficient (Wildman–Crippen LogP) is 1.28. The van der Waals surface area contributed by atoms with E-state index in [1.54, 1.807) is 9.80 Å². The Morgan fingerprint density at radius 2 is 0.893 bits per heavy atom. The van der Waals surface area contributed by atoms with Crippen LogP contribution in [0.3, 0.4) is 0 Å². The van der Waals surface area contributed by atoms with Gasteiger partial charge in [0.2, 0.25) is 0 Å². The lowest BCUT2D eigenvalue weighted by Crippen LogP contribution is -2.53. The van der Waals surface area contributed by atoms with E-state index in [-0.39, 0.29) is 52.6 Å². The second-order valence-corrected chi connectivity index (χ2v) is 7.39. The van der Waals surface area contributed by atoms with Gasteiger partial charge in [-0.1, -0.05) is 36.7 Å². The molecule has 0 atom stereocenters. The van der Waals surface area contributed by atoms with Crippen LogP contribution in [0.1, 0.15) is 53.4 Å². The van der Waals surface area contributed by atoms with E-state index in [0.717, 1.165) is 0 Å². The molecule has 28 heavy (non-hydrogen) atoms.